The summed E-state index contributed by atoms with van der Waals surface area (Å²) in [5.74, 6) is -0.921. The van der Waals surface area contributed by atoms with Crippen molar-refractivity contribution < 1.29 is 15.0 Å². The molecular weight excluding hydrogens is 388 g/mol. The molecule has 102 valence electrons. The molecule has 0 radical (unpaired) electrons. The Morgan fingerprint density at radius 3 is 2.10 bits per heavy atom. The predicted octanol–water partition coefficient (Wildman–Crippen LogP) is 4.54. The molecule has 3 nitrogen and oxygen atoms in total. The van der Waals surface area contributed by atoms with Crippen LogP contribution in [0.25, 0.3) is 11.6 Å². The van der Waals surface area contributed by atoms with Crippen LogP contribution in [0.2, 0.25) is 0 Å². The second kappa shape index (κ2) is 6.24. The normalized spacial score (nSPS) is 11.4. The van der Waals surface area contributed by atoms with Gasteiger partial charge in [-0.05, 0) is 61.2 Å². The standard InChI is InChI=1S/C15H10Br2O3/c16-12-7-9(8-13(17)14(12)18)6-11(15(19)20)10-4-2-1-3-5-10/h1-8,18H,(H,19,20)/b11-6+. The van der Waals surface area contributed by atoms with Crippen LogP contribution in [0.5, 0.6) is 5.75 Å². The van der Waals surface area contributed by atoms with E-state index in [4.69, 9.17) is 0 Å². The van der Waals surface area contributed by atoms with Crippen LogP contribution in [-0.4, -0.2) is 16.2 Å². The lowest BCUT2D eigenvalue weighted by Crippen LogP contribution is -1.99. The zero-order valence-corrected chi connectivity index (χ0v) is 13.3. The van der Waals surface area contributed by atoms with E-state index in [2.05, 4.69) is 31.9 Å². The summed E-state index contributed by atoms with van der Waals surface area (Å²) < 4.78 is 0.992. The highest BCUT2D eigenvalue weighted by Gasteiger charge is 2.11. The van der Waals surface area contributed by atoms with E-state index >= 15 is 0 Å². The number of halogens is 2. The fourth-order valence-corrected chi connectivity index (χ4v) is 2.94. The first-order chi connectivity index (χ1) is 9.49. The number of carboxylic acids is 1. The Kier molecular flexibility index (Phi) is 4.62. The lowest BCUT2D eigenvalue weighted by atomic mass is 10.0. The Labute approximate surface area is 132 Å². The summed E-state index contributed by atoms with van der Waals surface area (Å²) in [5, 5.41) is 19.0. The first-order valence-corrected chi connectivity index (χ1v) is 7.26. The SMILES string of the molecule is O=C(O)/C(=C/c1cc(Br)c(O)c(Br)c1)c1ccccc1. The fourth-order valence-electron chi connectivity index (χ4n) is 1.72. The highest BCUT2D eigenvalue weighted by Crippen LogP contribution is 2.34. The van der Waals surface area contributed by atoms with Crippen molar-refractivity contribution in [3.63, 3.8) is 0 Å². The minimum absolute atomic E-state index is 0.0822. The molecule has 5 heteroatoms. The molecule has 0 bridgehead atoms. The number of aromatic hydroxyl groups is 1. The van der Waals surface area contributed by atoms with Crippen LogP contribution in [0.4, 0.5) is 0 Å². The summed E-state index contributed by atoms with van der Waals surface area (Å²) >= 11 is 6.45. The van der Waals surface area contributed by atoms with E-state index < -0.39 is 5.97 Å². The van der Waals surface area contributed by atoms with Gasteiger partial charge in [0.1, 0.15) is 5.75 Å². The van der Waals surface area contributed by atoms with Gasteiger partial charge in [-0.25, -0.2) is 4.79 Å². The lowest BCUT2D eigenvalue weighted by molar-refractivity contribution is -0.130. The van der Waals surface area contributed by atoms with Crippen LogP contribution < -0.4 is 0 Å². The first-order valence-electron chi connectivity index (χ1n) is 5.67. The Morgan fingerprint density at radius 2 is 1.60 bits per heavy atom. The largest absolute Gasteiger partial charge is 0.506 e. The molecule has 0 heterocycles. The molecule has 0 aliphatic carbocycles. The van der Waals surface area contributed by atoms with Gasteiger partial charge in [-0.15, -0.1) is 0 Å². The number of phenols is 1. The average molecular weight is 398 g/mol. The molecule has 2 N–H and O–H groups in total. The van der Waals surface area contributed by atoms with Crippen LogP contribution in [0.15, 0.2) is 51.4 Å². The highest BCUT2D eigenvalue weighted by atomic mass is 79.9. The Hall–Kier alpha value is -1.59. The molecule has 0 saturated heterocycles. The van der Waals surface area contributed by atoms with E-state index in [1.54, 1.807) is 42.5 Å². The monoisotopic (exact) mass is 396 g/mol. The van der Waals surface area contributed by atoms with Gasteiger partial charge in [-0.3, -0.25) is 0 Å². The Morgan fingerprint density at radius 1 is 1.05 bits per heavy atom. The predicted molar refractivity (Wildman–Crippen MR) is 85.5 cm³/mol. The van der Waals surface area contributed by atoms with Gasteiger partial charge in [0.15, 0.2) is 0 Å². The number of phenolic OH excluding ortho intramolecular Hbond substituents is 1. The van der Waals surface area contributed by atoms with Crippen molar-refractivity contribution in [1.29, 1.82) is 0 Å². The van der Waals surface area contributed by atoms with E-state index in [1.807, 2.05) is 6.07 Å². The number of rotatable bonds is 3. The van der Waals surface area contributed by atoms with Crippen LogP contribution >= 0.6 is 31.9 Å². The quantitative estimate of drug-likeness (QED) is 0.590. The zero-order chi connectivity index (χ0) is 14.7. The molecule has 0 aliphatic rings. The van der Waals surface area contributed by atoms with Gasteiger partial charge in [0.05, 0.1) is 14.5 Å². The maximum atomic E-state index is 11.4. The van der Waals surface area contributed by atoms with E-state index in [1.165, 1.54) is 0 Å². The van der Waals surface area contributed by atoms with Crippen molar-refractivity contribution in [3.05, 3.63) is 62.5 Å². The van der Waals surface area contributed by atoms with Crippen molar-refractivity contribution in [2.24, 2.45) is 0 Å². The molecule has 0 unspecified atom stereocenters. The minimum atomic E-state index is -1.00. The van der Waals surface area contributed by atoms with Gasteiger partial charge in [0.2, 0.25) is 0 Å². The van der Waals surface area contributed by atoms with Gasteiger partial charge < -0.3 is 10.2 Å². The summed E-state index contributed by atoms with van der Waals surface area (Å²) in [6.45, 7) is 0. The van der Waals surface area contributed by atoms with Crippen LogP contribution in [-0.2, 0) is 4.79 Å². The third-order valence-electron chi connectivity index (χ3n) is 2.67. The molecule has 0 aliphatic heterocycles. The van der Waals surface area contributed by atoms with E-state index in [0.29, 0.717) is 20.1 Å². The van der Waals surface area contributed by atoms with Crippen molar-refractivity contribution in [2.45, 2.75) is 0 Å². The molecule has 0 atom stereocenters. The summed E-state index contributed by atoms with van der Waals surface area (Å²) in [6, 6.07) is 12.2. The summed E-state index contributed by atoms with van der Waals surface area (Å²) in [5.41, 5.74) is 1.48. The molecular formula is C15H10Br2O3. The van der Waals surface area contributed by atoms with Gasteiger partial charge in [0.25, 0.3) is 0 Å². The number of hydrogen-bond acceptors (Lipinski definition) is 2. The molecule has 0 fully saturated rings. The number of carboxylic acid groups (broad SMARTS) is 1. The van der Waals surface area contributed by atoms with Gasteiger partial charge in [0, 0.05) is 0 Å². The van der Waals surface area contributed by atoms with Crippen molar-refractivity contribution in [1.82, 2.24) is 0 Å². The Bertz CT molecular complexity index is 656. The zero-order valence-electron chi connectivity index (χ0n) is 10.2. The second-order valence-electron chi connectivity index (χ2n) is 4.06. The van der Waals surface area contributed by atoms with Crippen molar-refractivity contribution >= 4 is 49.5 Å². The third-order valence-corrected chi connectivity index (χ3v) is 3.87. The number of benzene rings is 2. The Balaban J connectivity index is 2.53. The molecule has 0 amide bonds. The third kappa shape index (κ3) is 3.29. The van der Waals surface area contributed by atoms with Gasteiger partial charge >= 0.3 is 5.97 Å². The summed E-state index contributed by atoms with van der Waals surface area (Å²) in [4.78, 5) is 11.4. The molecule has 20 heavy (non-hydrogen) atoms. The van der Waals surface area contributed by atoms with Crippen LogP contribution in [0.1, 0.15) is 11.1 Å². The topological polar surface area (TPSA) is 57.5 Å². The lowest BCUT2D eigenvalue weighted by Gasteiger charge is -2.05. The van der Waals surface area contributed by atoms with E-state index in [0.717, 1.165) is 0 Å². The summed E-state index contributed by atoms with van der Waals surface area (Å²) in [6.07, 6.45) is 1.56. The van der Waals surface area contributed by atoms with E-state index in [-0.39, 0.29) is 11.3 Å². The number of aliphatic carboxylic acids is 1. The first kappa shape index (κ1) is 14.8. The molecule has 2 aromatic rings. The van der Waals surface area contributed by atoms with Crippen LogP contribution in [0.3, 0.4) is 0 Å². The average Bonchev–Trinajstić information content (AvgIpc) is 2.42. The molecule has 0 saturated carbocycles. The highest BCUT2D eigenvalue weighted by molar-refractivity contribution is 9.11. The fraction of sp³-hybridized carbons (Fsp3) is 0. The van der Waals surface area contributed by atoms with Crippen LogP contribution in [0, 0.1) is 0 Å². The van der Waals surface area contributed by atoms with Gasteiger partial charge in [-0.2, -0.15) is 0 Å². The minimum Gasteiger partial charge on any atom is -0.506 e. The summed E-state index contributed by atoms with van der Waals surface area (Å²) in [7, 11) is 0. The maximum absolute atomic E-state index is 11.4. The number of hydrogen-bond donors (Lipinski definition) is 2. The molecule has 2 rings (SSSR count). The molecule has 0 aromatic heterocycles. The van der Waals surface area contributed by atoms with E-state index in [9.17, 15) is 15.0 Å². The molecule has 0 spiro atoms. The number of carbonyl (C=O) groups is 1. The van der Waals surface area contributed by atoms with Gasteiger partial charge in [-0.1, -0.05) is 30.3 Å². The van der Waals surface area contributed by atoms with Crippen molar-refractivity contribution in [2.75, 3.05) is 0 Å². The van der Waals surface area contributed by atoms with Crippen molar-refractivity contribution in [3.8, 4) is 5.75 Å². The molecule has 2 aromatic carbocycles. The smallest absolute Gasteiger partial charge is 0.336 e. The second-order valence-corrected chi connectivity index (χ2v) is 5.77. The maximum Gasteiger partial charge on any atom is 0.336 e.